The Bertz CT molecular complexity index is 1220. The third kappa shape index (κ3) is 8.00. The number of hydrogen-bond donors (Lipinski definition) is 3. The Kier molecular flexibility index (Phi) is 10.6. The summed E-state index contributed by atoms with van der Waals surface area (Å²) in [6.07, 6.45) is 9.34. The molecule has 1 fully saturated rings. The number of likely N-dealkylation sites (tertiary alicyclic amines) is 1. The minimum Gasteiger partial charge on any atom is -0.457 e. The first-order valence-electron chi connectivity index (χ1n) is 11.9. The number of hydrogen-bond acceptors (Lipinski definition) is 8. The third-order valence-corrected chi connectivity index (χ3v) is 5.43. The van der Waals surface area contributed by atoms with Gasteiger partial charge in [0, 0.05) is 12.1 Å². The van der Waals surface area contributed by atoms with Gasteiger partial charge in [0.15, 0.2) is 5.65 Å². The van der Waals surface area contributed by atoms with E-state index in [0.29, 0.717) is 24.3 Å². The van der Waals surface area contributed by atoms with Crippen molar-refractivity contribution >= 4 is 23.1 Å². The Morgan fingerprint density at radius 3 is 2.28 bits per heavy atom. The maximum atomic E-state index is 9.42. The molecule has 0 unspecified atom stereocenters. The van der Waals surface area contributed by atoms with E-state index in [0.717, 1.165) is 28.1 Å². The van der Waals surface area contributed by atoms with E-state index in [-0.39, 0.29) is 0 Å². The topological polar surface area (TPSA) is 136 Å². The van der Waals surface area contributed by atoms with Gasteiger partial charge in [-0.25, -0.2) is 9.97 Å². The molecular formula is C27H33N7O2. The predicted molar refractivity (Wildman–Crippen MR) is 144 cm³/mol. The molecule has 0 spiro atoms. The first kappa shape index (κ1) is 26.5. The van der Waals surface area contributed by atoms with Crippen molar-refractivity contribution in [2.24, 2.45) is 5.73 Å². The molecular weight excluding hydrogens is 454 g/mol. The lowest BCUT2D eigenvalue weighted by Crippen LogP contribution is -2.24. The van der Waals surface area contributed by atoms with Gasteiger partial charge in [0.25, 0.3) is 0 Å². The minimum atomic E-state index is 0.406. The van der Waals surface area contributed by atoms with Crippen LogP contribution in [0.15, 0.2) is 73.1 Å². The third-order valence-electron chi connectivity index (χ3n) is 5.43. The van der Waals surface area contributed by atoms with E-state index in [2.05, 4.69) is 32.1 Å². The molecule has 5 rings (SSSR count). The summed E-state index contributed by atoms with van der Waals surface area (Å²) in [5, 5.41) is 7.85. The summed E-state index contributed by atoms with van der Waals surface area (Å²) in [6, 6.07) is 17.3. The van der Waals surface area contributed by atoms with E-state index in [4.69, 9.17) is 16.2 Å². The molecule has 188 valence electrons. The predicted octanol–water partition coefficient (Wildman–Crippen LogP) is 4.20. The summed E-state index contributed by atoms with van der Waals surface area (Å²) < 4.78 is 5.79. The number of nitrogens with one attached hydrogen (secondary N) is 1. The SMILES string of the molecule is CN1CCCCC1.NC/C=C/C=O.Nc1ncnc2n[nH]c(-c3ccc(Oc4ccccc4)cc3)c12. The number of rotatable bonds is 5. The second-order valence-corrected chi connectivity index (χ2v) is 8.16. The highest BCUT2D eigenvalue weighted by Gasteiger charge is 2.12. The Hall–Kier alpha value is -4.08. The van der Waals surface area contributed by atoms with Gasteiger partial charge in [-0.3, -0.25) is 9.89 Å². The molecule has 0 amide bonds. The monoisotopic (exact) mass is 487 g/mol. The van der Waals surface area contributed by atoms with Crippen LogP contribution in [-0.4, -0.2) is 58.0 Å². The molecule has 0 saturated carbocycles. The van der Waals surface area contributed by atoms with E-state index >= 15 is 0 Å². The Balaban J connectivity index is 0.000000229. The van der Waals surface area contributed by atoms with Gasteiger partial charge in [0.05, 0.1) is 11.1 Å². The fourth-order valence-corrected chi connectivity index (χ4v) is 3.59. The number of aromatic nitrogens is 4. The number of aldehydes is 1. The molecule has 0 bridgehead atoms. The lowest BCUT2D eigenvalue weighted by Gasteiger charge is -2.20. The number of carbonyl (C=O) groups is 1. The number of aromatic amines is 1. The van der Waals surface area contributed by atoms with E-state index in [1.165, 1.54) is 44.8 Å². The maximum absolute atomic E-state index is 9.42. The van der Waals surface area contributed by atoms with Crippen molar-refractivity contribution in [3.63, 3.8) is 0 Å². The molecule has 0 atom stereocenters. The second-order valence-electron chi connectivity index (χ2n) is 8.16. The molecule has 2 aromatic carbocycles. The van der Waals surface area contributed by atoms with Crippen LogP contribution in [-0.2, 0) is 4.79 Å². The molecule has 9 heteroatoms. The summed E-state index contributed by atoms with van der Waals surface area (Å²) in [6.45, 7) is 3.08. The number of allylic oxidation sites excluding steroid dienone is 1. The van der Waals surface area contributed by atoms with E-state index in [9.17, 15) is 4.79 Å². The molecule has 2 aromatic heterocycles. The summed E-state index contributed by atoms with van der Waals surface area (Å²) >= 11 is 0. The minimum absolute atomic E-state index is 0.406. The molecule has 5 N–H and O–H groups in total. The number of H-pyrrole nitrogens is 1. The van der Waals surface area contributed by atoms with Crippen molar-refractivity contribution in [3.8, 4) is 22.8 Å². The van der Waals surface area contributed by atoms with Crippen LogP contribution in [0.4, 0.5) is 5.82 Å². The van der Waals surface area contributed by atoms with Crippen molar-refractivity contribution in [1.29, 1.82) is 0 Å². The van der Waals surface area contributed by atoms with Crippen LogP contribution in [0.25, 0.3) is 22.3 Å². The second kappa shape index (κ2) is 14.3. The molecule has 36 heavy (non-hydrogen) atoms. The zero-order chi connectivity index (χ0) is 25.6. The molecule has 0 aliphatic carbocycles. The normalized spacial score (nSPS) is 13.4. The first-order chi connectivity index (χ1) is 17.6. The number of piperidine rings is 1. The molecule has 0 radical (unpaired) electrons. The van der Waals surface area contributed by atoms with Gasteiger partial charge in [-0.2, -0.15) is 5.10 Å². The molecule has 1 saturated heterocycles. The van der Waals surface area contributed by atoms with Gasteiger partial charge in [-0.05, 0) is 75.5 Å². The highest BCUT2D eigenvalue weighted by molar-refractivity contribution is 5.97. The van der Waals surface area contributed by atoms with E-state index in [1.54, 1.807) is 6.08 Å². The van der Waals surface area contributed by atoms with Crippen molar-refractivity contribution in [1.82, 2.24) is 25.1 Å². The van der Waals surface area contributed by atoms with Crippen molar-refractivity contribution in [2.75, 3.05) is 32.4 Å². The summed E-state index contributed by atoms with van der Waals surface area (Å²) in [5.74, 6) is 1.96. The van der Waals surface area contributed by atoms with Gasteiger partial charge in [-0.15, -0.1) is 0 Å². The number of carbonyl (C=O) groups excluding carboxylic acids is 1. The van der Waals surface area contributed by atoms with Gasteiger partial charge >= 0.3 is 0 Å². The fourth-order valence-electron chi connectivity index (χ4n) is 3.59. The van der Waals surface area contributed by atoms with Crippen molar-refractivity contribution < 1.29 is 9.53 Å². The van der Waals surface area contributed by atoms with E-state index in [1.807, 2.05) is 54.6 Å². The lowest BCUT2D eigenvalue weighted by atomic mass is 10.1. The van der Waals surface area contributed by atoms with Crippen molar-refractivity contribution in [2.45, 2.75) is 19.3 Å². The highest BCUT2D eigenvalue weighted by atomic mass is 16.5. The molecule has 9 nitrogen and oxygen atoms in total. The number of fused-ring (bicyclic) bond motifs is 1. The molecule has 1 aliphatic rings. The van der Waals surface area contributed by atoms with E-state index < -0.39 is 0 Å². The number of benzene rings is 2. The average molecular weight is 488 g/mol. The largest absolute Gasteiger partial charge is 0.457 e. The number of para-hydroxylation sites is 1. The van der Waals surface area contributed by atoms with Crippen LogP contribution in [0, 0.1) is 0 Å². The van der Waals surface area contributed by atoms with Gasteiger partial charge in [0.1, 0.15) is 29.9 Å². The summed E-state index contributed by atoms with van der Waals surface area (Å²) in [4.78, 5) is 19.9. The van der Waals surface area contributed by atoms with Crippen LogP contribution in [0.5, 0.6) is 11.5 Å². The van der Waals surface area contributed by atoms with Crippen LogP contribution in [0.2, 0.25) is 0 Å². The molecule has 1 aliphatic heterocycles. The summed E-state index contributed by atoms with van der Waals surface area (Å²) in [5.41, 5.74) is 13.2. The first-order valence-corrected chi connectivity index (χ1v) is 11.9. The number of nitrogens with two attached hydrogens (primary N) is 2. The Labute approximate surface area is 211 Å². The number of nitrogen functional groups attached to an aromatic ring is 1. The molecule has 4 aromatic rings. The molecule has 3 heterocycles. The Morgan fingerprint density at radius 2 is 1.69 bits per heavy atom. The number of anilines is 1. The van der Waals surface area contributed by atoms with Crippen molar-refractivity contribution in [3.05, 3.63) is 73.1 Å². The summed E-state index contributed by atoms with van der Waals surface area (Å²) in [7, 11) is 2.19. The van der Waals surface area contributed by atoms with Crippen LogP contribution in [0.3, 0.4) is 0 Å². The smallest absolute Gasteiger partial charge is 0.186 e. The van der Waals surface area contributed by atoms with Crippen LogP contribution < -0.4 is 16.2 Å². The standard InChI is InChI=1S/C17H13N5O.C6H13N.C4H7NO/c18-16-14-15(21-22-17(14)20-10-19-16)11-6-8-13(9-7-11)23-12-4-2-1-3-5-12;1-7-5-3-2-4-6-7;5-3-1-2-4-6/h1-10H,(H3,18,19,20,21,22);2-6H2,1H3;1-2,4H,3,5H2/b;;2-1+. The van der Waals surface area contributed by atoms with Gasteiger partial charge in [-0.1, -0.05) is 30.7 Å². The Morgan fingerprint density at radius 1 is 1.00 bits per heavy atom. The van der Waals surface area contributed by atoms with Crippen LogP contribution >= 0.6 is 0 Å². The van der Waals surface area contributed by atoms with Gasteiger partial charge < -0.3 is 21.1 Å². The van der Waals surface area contributed by atoms with Gasteiger partial charge in [0.2, 0.25) is 0 Å². The van der Waals surface area contributed by atoms with Crippen LogP contribution in [0.1, 0.15) is 19.3 Å². The highest BCUT2D eigenvalue weighted by Crippen LogP contribution is 2.30. The zero-order valence-corrected chi connectivity index (χ0v) is 20.5. The lowest BCUT2D eigenvalue weighted by molar-refractivity contribution is -0.104. The average Bonchev–Trinajstić information content (AvgIpc) is 3.35. The zero-order valence-electron chi connectivity index (χ0n) is 20.5. The number of ether oxygens (including phenoxy) is 1. The fraction of sp³-hybridized carbons (Fsp3) is 0.259. The quantitative estimate of drug-likeness (QED) is 0.281. The maximum Gasteiger partial charge on any atom is 0.186 e. The number of nitrogens with zero attached hydrogens (tertiary/aromatic N) is 4.